The van der Waals surface area contributed by atoms with Gasteiger partial charge in [-0.3, -0.25) is 4.57 Å². The fraction of sp³-hybridized carbons (Fsp3) is 0. The van der Waals surface area contributed by atoms with E-state index in [0.29, 0.717) is 17.6 Å². The quantitative estimate of drug-likeness (QED) is 0.176. The normalized spacial score (nSPS) is 11.9. The van der Waals surface area contributed by atoms with E-state index in [1.54, 1.807) is 0 Å². The highest BCUT2D eigenvalue weighted by molar-refractivity contribution is 6.14. The molecule has 6 heteroatoms. The monoisotopic (exact) mass is 730 g/mol. The molecule has 0 saturated carbocycles. The van der Waals surface area contributed by atoms with Gasteiger partial charge in [0.15, 0.2) is 11.6 Å². The summed E-state index contributed by atoms with van der Waals surface area (Å²) in [6, 6.07) is 62.7. The van der Waals surface area contributed by atoms with Crippen LogP contribution >= 0.6 is 0 Å². The molecule has 0 unspecified atom stereocenters. The molecule has 0 fully saturated rings. The topological polar surface area (TPSA) is 69.9 Å². The standard InChI is InChI=1S/C51H30N4O2/c1-2-12-31(13-3-1)49-52-50(54-51(53-49)55-42-20-7-4-16-37(42)38-17-5-8-21-43(38)55)35-15-10-14-34(28-35)36-19-11-23-46-48(36)40-26-24-33(30-47(40)57-46)32-25-27-45-41(29-32)39-18-6-9-22-44(39)56-45/h1-30H. The summed E-state index contributed by atoms with van der Waals surface area (Å²) < 4.78 is 14.8. The molecule has 266 valence electrons. The summed E-state index contributed by atoms with van der Waals surface area (Å²) in [5.74, 6) is 1.78. The number of hydrogen-bond acceptors (Lipinski definition) is 5. The van der Waals surface area contributed by atoms with Crippen molar-refractivity contribution >= 4 is 65.7 Å². The molecule has 57 heavy (non-hydrogen) atoms. The number of hydrogen-bond donors (Lipinski definition) is 0. The molecule has 0 atom stereocenters. The first-order valence-corrected chi connectivity index (χ1v) is 19.0. The van der Waals surface area contributed by atoms with Gasteiger partial charge in [0.2, 0.25) is 5.95 Å². The van der Waals surface area contributed by atoms with Crippen LogP contribution in [0.5, 0.6) is 0 Å². The molecule has 8 aromatic carbocycles. The van der Waals surface area contributed by atoms with Crippen molar-refractivity contribution in [3.8, 4) is 51.0 Å². The number of nitrogens with zero attached hydrogens (tertiary/aromatic N) is 4. The Kier molecular flexibility index (Phi) is 6.83. The predicted molar refractivity (Wildman–Crippen MR) is 230 cm³/mol. The third-order valence-electron chi connectivity index (χ3n) is 11.1. The summed E-state index contributed by atoms with van der Waals surface area (Å²) in [5, 5.41) is 6.65. The number of furan rings is 2. The highest BCUT2D eigenvalue weighted by Gasteiger charge is 2.19. The molecule has 0 radical (unpaired) electrons. The average Bonchev–Trinajstić information content (AvgIpc) is 3.95. The third-order valence-corrected chi connectivity index (χ3v) is 11.1. The molecule has 0 aliphatic heterocycles. The van der Waals surface area contributed by atoms with Gasteiger partial charge in [-0.05, 0) is 76.9 Å². The van der Waals surface area contributed by atoms with E-state index in [1.807, 2.05) is 54.6 Å². The molecular weight excluding hydrogens is 701 g/mol. The van der Waals surface area contributed by atoms with E-state index in [4.69, 9.17) is 23.8 Å². The highest BCUT2D eigenvalue weighted by Crippen LogP contribution is 2.40. The number of benzene rings is 8. The van der Waals surface area contributed by atoms with E-state index >= 15 is 0 Å². The Morgan fingerprint density at radius 1 is 0.333 bits per heavy atom. The maximum Gasteiger partial charge on any atom is 0.238 e. The van der Waals surface area contributed by atoms with Crippen LogP contribution in [0.2, 0.25) is 0 Å². The molecule has 0 aliphatic rings. The largest absolute Gasteiger partial charge is 0.456 e. The van der Waals surface area contributed by atoms with E-state index in [9.17, 15) is 0 Å². The second kappa shape index (κ2) is 12.3. The van der Waals surface area contributed by atoms with Gasteiger partial charge in [0, 0.05) is 43.4 Å². The van der Waals surface area contributed by atoms with Gasteiger partial charge in [-0.15, -0.1) is 0 Å². The maximum absolute atomic E-state index is 6.57. The second-order valence-electron chi connectivity index (χ2n) is 14.4. The summed E-state index contributed by atoms with van der Waals surface area (Å²) >= 11 is 0. The molecule has 0 bridgehead atoms. The number of aromatic nitrogens is 4. The van der Waals surface area contributed by atoms with Gasteiger partial charge in [0.25, 0.3) is 0 Å². The van der Waals surface area contributed by atoms with Crippen molar-refractivity contribution in [1.29, 1.82) is 0 Å². The SMILES string of the molecule is c1ccc(-c2nc(-c3cccc(-c4cccc5oc6cc(-c7ccc8oc9ccccc9c8c7)ccc6c45)c3)nc(-n3c4ccccc4c4ccccc43)n2)cc1. The Labute approximate surface area is 325 Å². The number of para-hydroxylation sites is 3. The van der Waals surface area contributed by atoms with Crippen LogP contribution < -0.4 is 0 Å². The van der Waals surface area contributed by atoms with Crippen molar-refractivity contribution < 1.29 is 8.83 Å². The summed E-state index contributed by atoms with van der Waals surface area (Å²) in [6.45, 7) is 0. The molecular formula is C51H30N4O2. The lowest BCUT2D eigenvalue weighted by molar-refractivity contribution is 0.669. The lowest BCUT2D eigenvalue weighted by Crippen LogP contribution is -2.06. The summed E-state index contributed by atoms with van der Waals surface area (Å²) in [4.78, 5) is 15.4. The Balaban J connectivity index is 0.994. The molecule has 0 spiro atoms. The maximum atomic E-state index is 6.57. The Morgan fingerprint density at radius 2 is 0.930 bits per heavy atom. The first-order chi connectivity index (χ1) is 28.2. The summed E-state index contributed by atoms with van der Waals surface area (Å²) in [5.41, 5.74) is 11.7. The van der Waals surface area contributed by atoms with Gasteiger partial charge in [-0.25, -0.2) is 4.98 Å². The van der Waals surface area contributed by atoms with Crippen molar-refractivity contribution in [1.82, 2.24) is 19.5 Å². The van der Waals surface area contributed by atoms with Gasteiger partial charge in [0.05, 0.1) is 11.0 Å². The molecule has 0 N–H and O–H groups in total. The van der Waals surface area contributed by atoms with E-state index in [1.165, 1.54) is 0 Å². The van der Waals surface area contributed by atoms with Gasteiger partial charge < -0.3 is 8.83 Å². The van der Waals surface area contributed by atoms with Gasteiger partial charge >= 0.3 is 0 Å². The lowest BCUT2D eigenvalue weighted by atomic mass is 9.96. The minimum Gasteiger partial charge on any atom is -0.456 e. The van der Waals surface area contributed by atoms with Crippen LogP contribution in [0, 0.1) is 0 Å². The average molecular weight is 731 g/mol. The molecule has 0 amide bonds. The zero-order chi connectivity index (χ0) is 37.5. The fourth-order valence-corrected chi connectivity index (χ4v) is 8.43. The Morgan fingerprint density at radius 3 is 1.75 bits per heavy atom. The smallest absolute Gasteiger partial charge is 0.238 e. The molecule has 0 saturated heterocycles. The molecule has 6 nitrogen and oxygen atoms in total. The Bertz CT molecular complexity index is 3490. The van der Waals surface area contributed by atoms with Gasteiger partial charge in [0.1, 0.15) is 22.3 Å². The van der Waals surface area contributed by atoms with E-state index in [2.05, 4.69) is 132 Å². The predicted octanol–water partition coefficient (Wildman–Crippen LogP) is 13.4. The van der Waals surface area contributed by atoms with Crippen LogP contribution in [0.1, 0.15) is 0 Å². The fourth-order valence-electron chi connectivity index (χ4n) is 8.43. The second-order valence-corrected chi connectivity index (χ2v) is 14.4. The molecule has 4 aromatic heterocycles. The van der Waals surface area contributed by atoms with Crippen LogP contribution in [0.3, 0.4) is 0 Å². The molecule has 4 heterocycles. The zero-order valence-electron chi connectivity index (χ0n) is 30.4. The van der Waals surface area contributed by atoms with Crippen molar-refractivity contribution in [3.63, 3.8) is 0 Å². The van der Waals surface area contributed by atoms with Gasteiger partial charge in [-0.2, -0.15) is 9.97 Å². The molecule has 0 aliphatic carbocycles. The zero-order valence-corrected chi connectivity index (χ0v) is 30.4. The lowest BCUT2D eigenvalue weighted by Gasteiger charge is -2.12. The van der Waals surface area contributed by atoms with E-state index in [0.717, 1.165) is 99.1 Å². The minimum atomic E-state index is 0.570. The van der Waals surface area contributed by atoms with Crippen LogP contribution in [0.4, 0.5) is 0 Å². The van der Waals surface area contributed by atoms with Crippen molar-refractivity contribution in [2.75, 3.05) is 0 Å². The first kappa shape index (κ1) is 31.5. The van der Waals surface area contributed by atoms with Crippen LogP contribution in [0.15, 0.2) is 191 Å². The molecule has 12 aromatic rings. The van der Waals surface area contributed by atoms with Crippen molar-refractivity contribution in [2.24, 2.45) is 0 Å². The van der Waals surface area contributed by atoms with E-state index < -0.39 is 0 Å². The highest BCUT2D eigenvalue weighted by atomic mass is 16.3. The number of fused-ring (bicyclic) bond motifs is 9. The first-order valence-electron chi connectivity index (χ1n) is 19.0. The summed E-state index contributed by atoms with van der Waals surface area (Å²) in [7, 11) is 0. The minimum absolute atomic E-state index is 0.570. The van der Waals surface area contributed by atoms with Crippen LogP contribution in [-0.4, -0.2) is 19.5 Å². The third kappa shape index (κ3) is 5.01. The van der Waals surface area contributed by atoms with Gasteiger partial charge in [-0.1, -0.05) is 127 Å². The van der Waals surface area contributed by atoms with E-state index in [-0.39, 0.29) is 0 Å². The van der Waals surface area contributed by atoms with Crippen LogP contribution in [-0.2, 0) is 0 Å². The Hall–Kier alpha value is -7.83. The van der Waals surface area contributed by atoms with Crippen molar-refractivity contribution in [3.05, 3.63) is 182 Å². The summed E-state index contributed by atoms with van der Waals surface area (Å²) in [6.07, 6.45) is 0. The molecule has 12 rings (SSSR count). The number of rotatable bonds is 5. The van der Waals surface area contributed by atoms with Crippen molar-refractivity contribution in [2.45, 2.75) is 0 Å². The van der Waals surface area contributed by atoms with Crippen LogP contribution in [0.25, 0.3) is 117 Å².